The standard InChI is InChI=1S/C6H3Cl3S/c7-3-1-5(9)6(10)2-4(3)8/h1-2,10H. The van der Waals surface area contributed by atoms with Crippen LogP contribution in [0.1, 0.15) is 0 Å². The molecule has 0 saturated heterocycles. The minimum absolute atomic E-state index is 0.449. The van der Waals surface area contributed by atoms with Gasteiger partial charge in [-0.25, -0.2) is 0 Å². The van der Waals surface area contributed by atoms with Gasteiger partial charge in [0.2, 0.25) is 0 Å². The molecule has 0 atom stereocenters. The van der Waals surface area contributed by atoms with Crippen LogP contribution in [0.3, 0.4) is 0 Å². The maximum atomic E-state index is 5.67. The maximum absolute atomic E-state index is 5.67. The first-order valence-corrected chi connectivity index (χ1v) is 4.03. The van der Waals surface area contributed by atoms with E-state index in [4.69, 9.17) is 34.8 Å². The smallest absolute Gasteiger partial charge is 0.0607 e. The molecule has 1 aromatic carbocycles. The molecule has 0 heterocycles. The third-order valence-electron chi connectivity index (χ3n) is 0.990. The molecule has 0 nitrogen and oxygen atoms in total. The highest BCUT2D eigenvalue weighted by molar-refractivity contribution is 7.80. The quantitative estimate of drug-likeness (QED) is 0.490. The summed E-state index contributed by atoms with van der Waals surface area (Å²) >= 11 is 21.0. The van der Waals surface area contributed by atoms with Crippen LogP contribution >= 0.6 is 47.4 Å². The number of thiol groups is 1. The first kappa shape index (κ1) is 8.54. The van der Waals surface area contributed by atoms with Crippen LogP contribution in [-0.4, -0.2) is 0 Å². The van der Waals surface area contributed by atoms with Gasteiger partial charge in [0.15, 0.2) is 0 Å². The van der Waals surface area contributed by atoms with Crippen LogP contribution in [0.2, 0.25) is 15.1 Å². The lowest BCUT2D eigenvalue weighted by atomic mass is 10.4. The highest BCUT2D eigenvalue weighted by Gasteiger charge is 2.01. The van der Waals surface area contributed by atoms with E-state index in [0.29, 0.717) is 20.0 Å². The van der Waals surface area contributed by atoms with Crippen molar-refractivity contribution in [2.75, 3.05) is 0 Å². The molecule has 0 radical (unpaired) electrons. The zero-order chi connectivity index (χ0) is 7.72. The molecule has 10 heavy (non-hydrogen) atoms. The molecular weight excluding hydrogens is 210 g/mol. The molecule has 0 aliphatic carbocycles. The van der Waals surface area contributed by atoms with Crippen LogP contribution in [0.15, 0.2) is 17.0 Å². The van der Waals surface area contributed by atoms with Gasteiger partial charge in [0, 0.05) is 4.90 Å². The van der Waals surface area contributed by atoms with E-state index in [1.807, 2.05) is 0 Å². The van der Waals surface area contributed by atoms with Gasteiger partial charge in [-0.15, -0.1) is 12.6 Å². The largest absolute Gasteiger partial charge is 0.142 e. The van der Waals surface area contributed by atoms with Gasteiger partial charge < -0.3 is 0 Å². The number of benzene rings is 1. The topological polar surface area (TPSA) is 0 Å². The summed E-state index contributed by atoms with van der Waals surface area (Å²) in [5, 5.41) is 1.43. The van der Waals surface area contributed by atoms with Crippen LogP contribution in [0.5, 0.6) is 0 Å². The lowest BCUT2D eigenvalue weighted by Gasteiger charge is -1.98. The van der Waals surface area contributed by atoms with E-state index in [-0.39, 0.29) is 0 Å². The molecule has 0 fully saturated rings. The predicted molar refractivity (Wildman–Crippen MR) is 48.7 cm³/mol. The molecular formula is C6H3Cl3S. The number of rotatable bonds is 0. The Labute approximate surface area is 79.5 Å². The zero-order valence-electron chi connectivity index (χ0n) is 4.74. The molecule has 0 bridgehead atoms. The van der Waals surface area contributed by atoms with Gasteiger partial charge in [0.1, 0.15) is 0 Å². The minimum Gasteiger partial charge on any atom is -0.142 e. The molecule has 0 aliphatic heterocycles. The van der Waals surface area contributed by atoms with Gasteiger partial charge in [0.25, 0.3) is 0 Å². The molecule has 54 valence electrons. The molecule has 0 saturated carbocycles. The number of hydrogen-bond donors (Lipinski definition) is 1. The van der Waals surface area contributed by atoms with Gasteiger partial charge in [-0.1, -0.05) is 34.8 Å². The summed E-state index contributed by atoms with van der Waals surface area (Å²) in [4.78, 5) is 0.635. The van der Waals surface area contributed by atoms with E-state index in [1.54, 1.807) is 12.1 Å². The summed E-state index contributed by atoms with van der Waals surface area (Å²) < 4.78 is 0. The van der Waals surface area contributed by atoms with Crippen LogP contribution < -0.4 is 0 Å². The van der Waals surface area contributed by atoms with Crippen molar-refractivity contribution in [1.82, 2.24) is 0 Å². The first-order valence-electron chi connectivity index (χ1n) is 2.45. The Kier molecular flexibility index (Phi) is 2.75. The summed E-state index contributed by atoms with van der Waals surface area (Å²) in [6, 6.07) is 3.17. The molecule has 0 aliphatic rings. The molecule has 0 amide bonds. The van der Waals surface area contributed by atoms with Crippen molar-refractivity contribution in [2.45, 2.75) is 4.90 Å². The molecule has 1 aromatic rings. The second-order valence-electron chi connectivity index (χ2n) is 1.72. The lowest BCUT2D eigenvalue weighted by molar-refractivity contribution is 1.48. The summed E-state index contributed by atoms with van der Waals surface area (Å²) in [5.41, 5.74) is 0. The second kappa shape index (κ2) is 3.22. The predicted octanol–water partition coefficient (Wildman–Crippen LogP) is 3.94. The van der Waals surface area contributed by atoms with Crippen LogP contribution in [-0.2, 0) is 0 Å². The van der Waals surface area contributed by atoms with E-state index >= 15 is 0 Å². The normalized spacial score (nSPS) is 10.0. The third-order valence-corrected chi connectivity index (χ3v) is 2.53. The molecule has 4 heteroatoms. The van der Waals surface area contributed by atoms with Gasteiger partial charge in [0.05, 0.1) is 15.1 Å². The summed E-state index contributed by atoms with van der Waals surface area (Å²) in [7, 11) is 0. The van der Waals surface area contributed by atoms with Crippen molar-refractivity contribution in [3.05, 3.63) is 27.2 Å². The van der Waals surface area contributed by atoms with Gasteiger partial charge in [-0.05, 0) is 12.1 Å². The maximum Gasteiger partial charge on any atom is 0.0607 e. The highest BCUT2D eigenvalue weighted by atomic mass is 35.5. The van der Waals surface area contributed by atoms with Crippen LogP contribution in [0.4, 0.5) is 0 Å². The molecule has 1 rings (SSSR count). The SMILES string of the molecule is Sc1cc(Cl)c(Cl)cc1Cl. The highest BCUT2D eigenvalue weighted by Crippen LogP contribution is 2.30. The van der Waals surface area contributed by atoms with Crippen molar-refractivity contribution in [1.29, 1.82) is 0 Å². The zero-order valence-corrected chi connectivity index (χ0v) is 7.90. The Morgan fingerprint density at radius 2 is 1.40 bits per heavy atom. The van der Waals surface area contributed by atoms with Crippen molar-refractivity contribution in [3.63, 3.8) is 0 Å². The minimum atomic E-state index is 0.449. The molecule has 0 unspecified atom stereocenters. The fraction of sp³-hybridized carbons (Fsp3) is 0. The van der Waals surface area contributed by atoms with E-state index in [0.717, 1.165) is 0 Å². The fourth-order valence-electron chi connectivity index (χ4n) is 0.512. The molecule has 0 N–H and O–H groups in total. The number of halogens is 3. The van der Waals surface area contributed by atoms with Gasteiger partial charge in [-0.2, -0.15) is 0 Å². The van der Waals surface area contributed by atoms with E-state index < -0.39 is 0 Å². The first-order chi connectivity index (χ1) is 4.61. The average molecular weight is 214 g/mol. The Bertz CT molecular complexity index is 209. The Balaban J connectivity index is 3.28. The third kappa shape index (κ3) is 1.73. The van der Waals surface area contributed by atoms with Crippen molar-refractivity contribution in [2.24, 2.45) is 0 Å². The average Bonchev–Trinajstić information content (AvgIpc) is 1.84. The van der Waals surface area contributed by atoms with E-state index in [9.17, 15) is 0 Å². The monoisotopic (exact) mass is 212 g/mol. The van der Waals surface area contributed by atoms with Gasteiger partial charge >= 0.3 is 0 Å². The molecule has 0 aromatic heterocycles. The fourth-order valence-corrected chi connectivity index (χ4v) is 1.33. The van der Waals surface area contributed by atoms with E-state index in [2.05, 4.69) is 12.6 Å². The second-order valence-corrected chi connectivity index (χ2v) is 3.42. The van der Waals surface area contributed by atoms with Crippen molar-refractivity contribution >= 4 is 47.4 Å². The van der Waals surface area contributed by atoms with Gasteiger partial charge in [-0.3, -0.25) is 0 Å². The van der Waals surface area contributed by atoms with Crippen molar-refractivity contribution < 1.29 is 0 Å². The summed E-state index contributed by atoms with van der Waals surface area (Å²) in [6.45, 7) is 0. The summed E-state index contributed by atoms with van der Waals surface area (Å²) in [6.07, 6.45) is 0. The Morgan fingerprint density at radius 1 is 0.900 bits per heavy atom. The lowest BCUT2D eigenvalue weighted by Crippen LogP contribution is -1.71. The molecule has 0 spiro atoms. The van der Waals surface area contributed by atoms with Crippen molar-refractivity contribution in [3.8, 4) is 0 Å². The van der Waals surface area contributed by atoms with Crippen LogP contribution in [0.25, 0.3) is 0 Å². The van der Waals surface area contributed by atoms with E-state index in [1.165, 1.54) is 0 Å². The Hall–Kier alpha value is 0.440. The van der Waals surface area contributed by atoms with Crippen LogP contribution in [0, 0.1) is 0 Å². The Morgan fingerprint density at radius 3 is 1.90 bits per heavy atom. The summed E-state index contributed by atoms with van der Waals surface area (Å²) in [5.74, 6) is 0. The number of hydrogen-bond acceptors (Lipinski definition) is 1.